The van der Waals surface area contributed by atoms with Gasteiger partial charge in [0.2, 0.25) is 11.8 Å². The van der Waals surface area contributed by atoms with Gasteiger partial charge in [0.25, 0.3) is 0 Å². The Kier molecular flexibility index (Phi) is 3.90. The first kappa shape index (κ1) is 15.0. The van der Waals surface area contributed by atoms with Gasteiger partial charge in [-0.3, -0.25) is 9.59 Å². The number of likely N-dealkylation sites (tertiary alicyclic amines) is 1. The zero-order chi connectivity index (χ0) is 15.9. The van der Waals surface area contributed by atoms with E-state index in [1.54, 1.807) is 28.2 Å². The maximum atomic E-state index is 12.8. The average molecular weight is 322 g/mol. The van der Waals surface area contributed by atoms with Crippen LogP contribution < -0.4 is 0 Å². The van der Waals surface area contributed by atoms with Crippen LogP contribution in [0.15, 0.2) is 11.4 Å². The molecule has 1 aromatic rings. The molecule has 7 heteroatoms. The number of methoxy groups -OCH3 is 1. The number of thiophene rings is 1. The molecule has 0 spiro atoms. The number of carbonyl (C=O) groups excluding carboxylic acids is 3. The van der Waals surface area contributed by atoms with Crippen molar-refractivity contribution in [1.82, 2.24) is 9.80 Å². The van der Waals surface area contributed by atoms with E-state index >= 15 is 0 Å². The zero-order valence-corrected chi connectivity index (χ0v) is 13.4. The molecule has 1 aromatic heterocycles. The van der Waals surface area contributed by atoms with Gasteiger partial charge in [-0.2, -0.15) is 0 Å². The first-order valence-corrected chi connectivity index (χ1v) is 8.09. The highest BCUT2D eigenvalue weighted by molar-refractivity contribution is 7.10. The summed E-state index contributed by atoms with van der Waals surface area (Å²) in [6.07, 6.45) is 0.957. The topological polar surface area (TPSA) is 66.9 Å². The predicted octanol–water partition coefficient (Wildman–Crippen LogP) is 0.825. The van der Waals surface area contributed by atoms with Crippen LogP contribution >= 0.6 is 11.3 Å². The third-order valence-electron chi connectivity index (χ3n) is 4.36. The van der Waals surface area contributed by atoms with Gasteiger partial charge < -0.3 is 14.5 Å². The molecule has 3 heterocycles. The molecule has 0 N–H and O–H groups in total. The van der Waals surface area contributed by atoms with Crippen LogP contribution in [0.5, 0.6) is 0 Å². The standard InChI is InChI=1S/C15H18N2O4S/c1-16-8-9(7-12(16)18)14(19)17-5-3-11-10(4-6-22-11)13(17)15(20)21-2/h4,6,9,13H,3,5,7-8H2,1-2H3. The molecule has 118 valence electrons. The number of carbonyl (C=O) groups is 3. The van der Waals surface area contributed by atoms with Gasteiger partial charge in [-0.25, -0.2) is 4.79 Å². The second-order valence-corrected chi connectivity index (χ2v) is 6.68. The molecule has 2 aliphatic rings. The second-order valence-electron chi connectivity index (χ2n) is 5.68. The third-order valence-corrected chi connectivity index (χ3v) is 5.36. The van der Waals surface area contributed by atoms with Crippen molar-refractivity contribution < 1.29 is 19.1 Å². The highest BCUT2D eigenvalue weighted by Crippen LogP contribution is 2.35. The minimum atomic E-state index is -0.687. The summed E-state index contributed by atoms with van der Waals surface area (Å²) < 4.78 is 4.90. The molecule has 0 aliphatic carbocycles. The highest BCUT2D eigenvalue weighted by atomic mass is 32.1. The van der Waals surface area contributed by atoms with Crippen molar-refractivity contribution in [3.8, 4) is 0 Å². The fraction of sp³-hybridized carbons (Fsp3) is 0.533. The number of hydrogen-bond donors (Lipinski definition) is 0. The molecule has 1 saturated heterocycles. The molecule has 6 nitrogen and oxygen atoms in total. The number of hydrogen-bond acceptors (Lipinski definition) is 5. The van der Waals surface area contributed by atoms with E-state index in [1.165, 1.54) is 7.11 Å². The SMILES string of the molecule is COC(=O)C1c2ccsc2CCN1C(=O)C1CC(=O)N(C)C1. The van der Waals surface area contributed by atoms with Crippen molar-refractivity contribution >= 4 is 29.1 Å². The Morgan fingerprint density at radius 2 is 2.18 bits per heavy atom. The number of fused-ring (bicyclic) bond motifs is 1. The summed E-state index contributed by atoms with van der Waals surface area (Å²) in [6.45, 7) is 0.902. The largest absolute Gasteiger partial charge is 0.467 e. The Morgan fingerprint density at radius 3 is 2.82 bits per heavy atom. The summed E-state index contributed by atoms with van der Waals surface area (Å²) in [5.41, 5.74) is 0.856. The van der Waals surface area contributed by atoms with Crippen LogP contribution in [0.1, 0.15) is 22.9 Å². The van der Waals surface area contributed by atoms with Crippen LogP contribution in [0.2, 0.25) is 0 Å². The van der Waals surface area contributed by atoms with Gasteiger partial charge in [-0.15, -0.1) is 11.3 Å². The van der Waals surface area contributed by atoms with E-state index < -0.39 is 12.0 Å². The van der Waals surface area contributed by atoms with E-state index in [9.17, 15) is 14.4 Å². The lowest BCUT2D eigenvalue weighted by Crippen LogP contribution is -2.46. The molecule has 2 atom stereocenters. The first-order chi connectivity index (χ1) is 10.5. The minimum Gasteiger partial charge on any atom is -0.467 e. The fourth-order valence-corrected chi connectivity index (χ4v) is 4.09. The van der Waals surface area contributed by atoms with Crippen molar-refractivity contribution in [2.45, 2.75) is 18.9 Å². The lowest BCUT2D eigenvalue weighted by molar-refractivity contribution is -0.155. The Hall–Kier alpha value is -1.89. The highest BCUT2D eigenvalue weighted by Gasteiger charge is 2.42. The van der Waals surface area contributed by atoms with Crippen LogP contribution in [-0.4, -0.2) is 54.8 Å². The maximum absolute atomic E-state index is 12.8. The molecule has 3 rings (SSSR count). The number of esters is 1. The lowest BCUT2D eigenvalue weighted by atomic mass is 9.97. The minimum absolute atomic E-state index is 0.0267. The van der Waals surface area contributed by atoms with Crippen molar-refractivity contribution in [3.63, 3.8) is 0 Å². The van der Waals surface area contributed by atoms with Gasteiger partial charge in [-0.1, -0.05) is 0 Å². The summed E-state index contributed by atoms with van der Waals surface area (Å²) in [6, 6.07) is 1.20. The molecule has 2 aliphatic heterocycles. The quantitative estimate of drug-likeness (QED) is 0.756. The Balaban J connectivity index is 1.87. The van der Waals surface area contributed by atoms with Crippen LogP contribution in [0.4, 0.5) is 0 Å². The molecule has 0 aromatic carbocycles. The summed E-state index contributed by atoms with van der Waals surface area (Å²) in [5, 5.41) is 1.93. The molecular weight excluding hydrogens is 304 g/mol. The summed E-state index contributed by atoms with van der Waals surface area (Å²) >= 11 is 1.60. The molecular formula is C15H18N2O4S. The Bertz CT molecular complexity index is 627. The average Bonchev–Trinajstić information content (AvgIpc) is 3.11. The molecule has 0 radical (unpaired) electrons. The molecule has 2 amide bonds. The van der Waals surface area contributed by atoms with Crippen molar-refractivity contribution in [1.29, 1.82) is 0 Å². The predicted molar refractivity (Wildman–Crippen MR) is 80.2 cm³/mol. The van der Waals surface area contributed by atoms with Gasteiger partial charge in [0.15, 0.2) is 6.04 Å². The van der Waals surface area contributed by atoms with E-state index in [4.69, 9.17) is 4.74 Å². The van der Waals surface area contributed by atoms with Crippen molar-refractivity contribution in [2.24, 2.45) is 5.92 Å². The van der Waals surface area contributed by atoms with Gasteiger partial charge >= 0.3 is 5.97 Å². The van der Waals surface area contributed by atoms with Gasteiger partial charge in [0.05, 0.1) is 13.0 Å². The lowest BCUT2D eigenvalue weighted by Gasteiger charge is -2.35. The van der Waals surface area contributed by atoms with E-state index in [2.05, 4.69) is 0 Å². The summed E-state index contributed by atoms with van der Waals surface area (Å²) in [7, 11) is 3.03. The summed E-state index contributed by atoms with van der Waals surface area (Å²) in [5.74, 6) is -0.957. The number of rotatable bonds is 2. The van der Waals surface area contributed by atoms with E-state index in [1.807, 2.05) is 11.4 Å². The normalized spacial score (nSPS) is 24.4. The first-order valence-electron chi connectivity index (χ1n) is 7.21. The number of nitrogens with zero attached hydrogens (tertiary/aromatic N) is 2. The Morgan fingerprint density at radius 1 is 1.41 bits per heavy atom. The van der Waals surface area contributed by atoms with Crippen LogP contribution in [0.3, 0.4) is 0 Å². The zero-order valence-electron chi connectivity index (χ0n) is 12.6. The molecule has 0 bridgehead atoms. The molecule has 0 saturated carbocycles. The van der Waals surface area contributed by atoms with Crippen LogP contribution in [-0.2, 0) is 25.5 Å². The smallest absolute Gasteiger partial charge is 0.333 e. The summed E-state index contributed by atoms with van der Waals surface area (Å²) in [4.78, 5) is 40.9. The molecule has 22 heavy (non-hydrogen) atoms. The third kappa shape index (κ3) is 2.39. The van der Waals surface area contributed by atoms with Gasteiger partial charge in [-0.05, 0) is 23.4 Å². The number of ether oxygens (including phenoxy) is 1. The van der Waals surface area contributed by atoms with Crippen LogP contribution in [0.25, 0.3) is 0 Å². The van der Waals surface area contributed by atoms with Crippen molar-refractivity contribution in [3.05, 3.63) is 21.9 Å². The Labute approximate surface area is 132 Å². The van der Waals surface area contributed by atoms with Crippen LogP contribution in [0, 0.1) is 5.92 Å². The van der Waals surface area contributed by atoms with Crippen molar-refractivity contribution in [2.75, 3.05) is 27.2 Å². The van der Waals surface area contributed by atoms with E-state index in [0.717, 1.165) is 16.9 Å². The fourth-order valence-electron chi connectivity index (χ4n) is 3.18. The van der Waals surface area contributed by atoms with E-state index in [-0.39, 0.29) is 24.2 Å². The van der Waals surface area contributed by atoms with Gasteiger partial charge in [0.1, 0.15) is 0 Å². The maximum Gasteiger partial charge on any atom is 0.333 e. The van der Waals surface area contributed by atoms with E-state index in [0.29, 0.717) is 13.1 Å². The molecule has 1 fully saturated rings. The molecule has 2 unspecified atom stereocenters. The monoisotopic (exact) mass is 322 g/mol. The second kappa shape index (κ2) is 5.72. The van der Waals surface area contributed by atoms with Gasteiger partial charge in [0, 0.05) is 31.4 Å². The number of amides is 2.